The second-order valence-electron chi connectivity index (χ2n) is 6.43. The van der Waals surface area contributed by atoms with Gasteiger partial charge >= 0.3 is 0 Å². The number of halogens is 1. The van der Waals surface area contributed by atoms with Gasteiger partial charge in [-0.3, -0.25) is 0 Å². The Bertz CT molecular complexity index is 449. The number of hydrogen-bond acceptors (Lipinski definition) is 3. The van der Waals surface area contributed by atoms with Crippen LogP contribution in [-0.2, 0) is 0 Å². The molecule has 0 amide bonds. The Labute approximate surface area is 128 Å². The van der Waals surface area contributed by atoms with Crippen LogP contribution in [0.2, 0.25) is 0 Å². The van der Waals surface area contributed by atoms with Crippen molar-refractivity contribution in [1.82, 2.24) is 15.1 Å². The summed E-state index contributed by atoms with van der Waals surface area (Å²) in [7, 11) is 6.21. The summed E-state index contributed by atoms with van der Waals surface area (Å²) < 4.78 is 14.0. The zero-order chi connectivity index (χ0) is 15.4. The Morgan fingerprint density at radius 1 is 1.38 bits per heavy atom. The predicted molar refractivity (Wildman–Crippen MR) is 85.9 cm³/mol. The van der Waals surface area contributed by atoms with Crippen molar-refractivity contribution < 1.29 is 4.39 Å². The standard InChI is InChI=1S/C17H28FN3/c1-13(11-21-10-9-14(12-21)20(3)4)17(19-2)15-7-5-6-8-16(15)18/h5-8,13-14,17,19H,9-12H2,1-4H3. The van der Waals surface area contributed by atoms with E-state index in [4.69, 9.17) is 0 Å². The summed E-state index contributed by atoms with van der Waals surface area (Å²) in [6, 6.07) is 7.80. The third-order valence-electron chi connectivity index (χ3n) is 4.64. The van der Waals surface area contributed by atoms with Crippen LogP contribution in [0.15, 0.2) is 24.3 Å². The number of nitrogens with zero attached hydrogens (tertiary/aromatic N) is 2. The fourth-order valence-corrected chi connectivity index (χ4v) is 3.39. The van der Waals surface area contributed by atoms with Crippen LogP contribution in [0.1, 0.15) is 24.9 Å². The lowest BCUT2D eigenvalue weighted by molar-refractivity contribution is 0.226. The maximum Gasteiger partial charge on any atom is 0.127 e. The molecule has 1 saturated heterocycles. The Morgan fingerprint density at radius 2 is 2.10 bits per heavy atom. The van der Waals surface area contributed by atoms with Crippen molar-refractivity contribution in [2.24, 2.45) is 5.92 Å². The molecule has 0 bridgehead atoms. The molecule has 0 radical (unpaired) electrons. The van der Waals surface area contributed by atoms with E-state index < -0.39 is 0 Å². The van der Waals surface area contributed by atoms with Gasteiger partial charge in [-0.1, -0.05) is 25.1 Å². The molecule has 2 rings (SSSR count). The van der Waals surface area contributed by atoms with Crippen molar-refractivity contribution in [3.63, 3.8) is 0 Å². The minimum absolute atomic E-state index is 0.0598. The van der Waals surface area contributed by atoms with Crippen LogP contribution in [0.4, 0.5) is 4.39 Å². The highest BCUT2D eigenvalue weighted by molar-refractivity contribution is 5.21. The van der Waals surface area contributed by atoms with Gasteiger partial charge in [-0.15, -0.1) is 0 Å². The Kier molecular flexibility index (Phi) is 5.73. The summed E-state index contributed by atoms with van der Waals surface area (Å²) in [4.78, 5) is 4.80. The van der Waals surface area contributed by atoms with E-state index in [0.29, 0.717) is 12.0 Å². The van der Waals surface area contributed by atoms with E-state index in [1.54, 1.807) is 12.1 Å². The van der Waals surface area contributed by atoms with E-state index in [1.165, 1.54) is 6.42 Å². The van der Waals surface area contributed by atoms with E-state index in [0.717, 1.165) is 25.2 Å². The van der Waals surface area contributed by atoms with Gasteiger partial charge in [0.1, 0.15) is 5.82 Å². The first-order chi connectivity index (χ1) is 10.0. The summed E-state index contributed by atoms with van der Waals surface area (Å²) in [5, 5.41) is 3.29. The van der Waals surface area contributed by atoms with Crippen LogP contribution in [-0.4, -0.2) is 56.6 Å². The fourth-order valence-electron chi connectivity index (χ4n) is 3.39. The highest BCUT2D eigenvalue weighted by Gasteiger charge is 2.28. The molecular weight excluding hydrogens is 265 g/mol. The molecule has 1 aliphatic heterocycles. The average molecular weight is 293 g/mol. The molecule has 118 valence electrons. The highest BCUT2D eigenvalue weighted by atomic mass is 19.1. The molecule has 3 unspecified atom stereocenters. The van der Waals surface area contributed by atoms with Gasteiger partial charge in [0.25, 0.3) is 0 Å². The molecule has 1 N–H and O–H groups in total. The second-order valence-corrected chi connectivity index (χ2v) is 6.43. The summed E-state index contributed by atoms with van der Waals surface area (Å²) in [5.74, 6) is 0.254. The zero-order valence-electron chi connectivity index (χ0n) is 13.6. The van der Waals surface area contributed by atoms with E-state index >= 15 is 0 Å². The molecule has 1 aromatic rings. The lowest BCUT2D eigenvalue weighted by atomic mass is 9.93. The lowest BCUT2D eigenvalue weighted by Crippen LogP contribution is -2.36. The Balaban J connectivity index is 1.98. The molecule has 0 aliphatic carbocycles. The van der Waals surface area contributed by atoms with Gasteiger partial charge in [-0.05, 0) is 46.1 Å². The van der Waals surface area contributed by atoms with Gasteiger partial charge in [0.05, 0.1) is 0 Å². The smallest absolute Gasteiger partial charge is 0.127 e. The van der Waals surface area contributed by atoms with Crippen LogP contribution in [0.25, 0.3) is 0 Å². The fraction of sp³-hybridized carbons (Fsp3) is 0.647. The average Bonchev–Trinajstić information content (AvgIpc) is 2.90. The normalized spacial score (nSPS) is 22.7. The van der Waals surface area contributed by atoms with E-state index in [2.05, 4.69) is 36.1 Å². The lowest BCUT2D eigenvalue weighted by Gasteiger charge is -2.29. The largest absolute Gasteiger partial charge is 0.313 e. The number of likely N-dealkylation sites (N-methyl/N-ethyl adjacent to an activating group) is 1. The van der Waals surface area contributed by atoms with E-state index in [9.17, 15) is 4.39 Å². The van der Waals surface area contributed by atoms with Crippen LogP contribution in [0.5, 0.6) is 0 Å². The summed E-state index contributed by atoms with van der Waals surface area (Å²) >= 11 is 0. The van der Waals surface area contributed by atoms with Crippen LogP contribution in [0, 0.1) is 11.7 Å². The SMILES string of the molecule is CNC(c1ccccc1F)C(C)CN1CCC(N(C)C)C1. The van der Waals surface area contributed by atoms with Gasteiger partial charge in [0.2, 0.25) is 0 Å². The van der Waals surface area contributed by atoms with Crippen molar-refractivity contribution in [2.75, 3.05) is 40.8 Å². The quantitative estimate of drug-likeness (QED) is 0.868. The third kappa shape index (κ3) is 4.02. The van der Waals surface area contributed by atoms with Crippen molar-refractivity contribution in [1.29, 1.82) is 0 Å². The molecule has 0 aromatic heterocycles. The van der Waals surface area contributed by atoms with Crippen molar-refractivity contribution in [3.8, 4) is 0 Å². The zero-order valence-corrected chi connectivity index (χ0v) is 13.6. The molecule has 4 heteroatoms. The molecular formula is C17H28FN3. The van der Waals surface area contributed by atoms with Gasteiger partial charge < -0.3 is 15.1 Å². The first-order valence-corrected chi connectivity index (χ1v) is 7.83. The number of likely N-dealkylation sites (tertiary alicyclic amines) is 1. The van der Waals surface area contributed by atoms with Gasteiger partial charge in [-0.25, -0.2) is 4.39 Å². The maximum atomic E-state index is 14.0. The molecule has 21 heavy (non-hydrogen) atoms. The molecule has 1 aromatic carbocycles. The van der Waals surface area contributed by atoms with Crippen molar-refractivity contribution in [3.05, 3.63) is 35.6 Å². The molecule has 0 saturated carbocycles. The minimum atomic E-state index is -0.115. The number of nitrogens with one attached hydrogen (secondary N) is 1. The summed E-state index contributed by atoms with van der Waals surface area (Å²) in [5.41, 5.74) is 0.774. The van der Waals surface area contributed by atoms with Gasteiger partial charge in [0, 0.05) is 30.7 Å². The Morgan fingerprint density at radius 3 is 2.67 bits per heavy atom. The van der Waals surface area contributed by atoms with Crippen LogP contribution < -0.4 is 5.32 Å². The van der Waals surface area contributed by atoms with Crippen molar-refractivity contribution >= 4 is 0 Å². The maximum absolute atomic E-state index is 14.0. The molecule has 3 nitrogen and oxygen atoms in total. The highest BCUT2D eigenvalue weighted by Crippen LogP contribution is 2.26. The van der Waals surface area contributed by atoms with Crippen LogP contribution >= 0.6 is 0 Å². The summed E-state index contributed by atoms with van der Waals surface area (Å²) in [6.45, 7) is 5.46. The molecule has 3 atom stereocenters. The molecule has 0 spiro atoms. The molecule has 1 heterocycles. The van der Waals surface area contributed by atoms with Gasteiger partial charge in [-0.2, -0.15) is 0 Å². The monoisotopic (exact) mass is 293 g/mol. The Hall–Kier alpha value is -0.970. The van der Waals surface area contributed by atoms with Crippen molar-refractivity contribution in [2.45, 2.75) is 25.4 Å². The van der Waals surface area contributed by atoms with Gasteiger partial charge in [0.15, 0.2) is 0 Å². The second kappa shape index (κ2) is 7.34. The van der Waals surface area contributed by atoms with E-state index in [-0.39, 0.29) is 11.9 Å². The molecule has 1 fully saturated rings. The summed E-state index contributed by atoms with van der Waals surface area (Å²) in [6.07, 6.45) is 1.23. The van der Waals surface area contributed by atoms with Crippen LogP contribution in [0.3, 0.4) is 0 Å². The topological polar surface area (TPSA) is 18.5 Å². The van der Waals surface area contributed by atoms with E-state index in [1.807, 2.05) is 19.2 Å². The minimum Gasteiger partial charge on any atom is -0.313 e. The number of benzene rings is 1. The predicted octanol–water partition coefficient (Wildman–Crippen LogP) is 2.36. The number of hydrogen-bond donors (Lipinski definition) is 1. The number of rotatable bonds is 6. The first-order valence-electron chi connectivity index (χ1n) is 7.83. The molecule has 1 aliphatic rings. The first kappa shape index (κ1) is 16.4. The third-order valence-corrected chi connectivity index (χ3v) is 4.64.